The van der Waals surface area contributed by atoms with Gasteiger partial charge in [-0.1, -0.05) is 0 Å². The molecule has 0 unspecified atom stereocenters. The fourth-order valence-corrected chi connectivity index (χ4v) is 0.808. The zero-order valence-corrected chi connectivity index (χ0v) is 6.66. The fourth-order valence-electron chi connectivity index (χ4n) is 0.808. The highest BCUT2D eigenvalue weighted by molar-refractivity contribution is 5.77. The van der Waals surface area contributed by atoms with Crippen LogP contribution in [0.4, 0.5) is 0 Å². The summed E-state index contributed by atoms with van der Waals surface area (Å²) in [6, 6.07) is 0. The molecule has 0 spiro atoms. The highest BCUT2D eigenvalue weighted by Gasteiger charge is 2.02. The van der Waals surface area contributed by atoms with Gasteiger partial charge < -0.3 is 9.88 Å². The predicted molar refractivity (Wildman–Crippen MR) is 41.0 cm³/mol. The first kappa shape index (κ1) is 7.78. The Morgan fingerprint density at radius 1 is 1.82 bits per heavy atom. The SMILES string of the molecule is CNC(=O)Cc1cncn1C. The third-order valence-corrected chi connectivity index (χ3v) is 1.54. The van der Waals surface area contributed by atoms with E-state index < -0.39 is 0 Å². The molecule has 1 amide bonds. The van der Waals surface area contributed by atoms with Gasteiger partial charge in [0, 0.05) is 26.0 Å². The standard InChI is InChI=1S/C7H11N3O/c1-8-7(11)3-6-4-9-5-10(6)2/h4-5H,3H2,1-2H3,(H,8,11). The van der Waals surface area contributed by atoms with Crippen LogP contribution in [0, 0.1) is 0 Å². The molecule has 0 radical (unpaired) electrons. The van der Waals surface area contributed by atoms with Crippen molar-refractivity contribution in [3.05, 3.63) is 18.2 Å². The summed E-state index contributed by atoms with van der Waals surface area (Å²) in [4.78, 5) is 14.8. The molecule has 11 heavy (non-hydrogen) atoms. The third-order valence-electron chi connectivity index (χ3n) is 1.54. The molecule has 0 aliphatic carbocycles. The predicted octanol–water partition coefficient (Wildman–Crippen LogP) is -0.291. The summed E-state index contributed by atoms with van der Waals surface area (Å²) in [6.45, 7) is 0. The second kappa shape index (κ2) is 3.18. The Morgan fingerprint density at radius 3 is 3.00 bits per heavy atom. The van der Waals surface area contributed by atoms with E-state index in [2.05, 4.69) is 10.3 Å². The highest BCUT2D eigenvalue weighted by Crippen LogP contribution is 1.96. The minimum absolute atomic E-state index is 0.00796. The minimum atomic E-state index is 0.00796. The Labute approximate surface area is 65.2 Å². The van der Waals surface area contributed by atoms with E-state index in [-0.39, 0.29) is 5.91 Å². The van der Waals surface area contributed by atoms with Gasteiger partial charge in [0.2, 0.25) is 5.91 Å². The number of carbonyl (C=O) groups is 1. The van der Waals surface area contributed by atoms with Gasteiger partial charge in [-0.05, 0) is 0 Å². The summed E-state index contributed by atoms with van der Waals surface area (Å²) in [5.74, 6) is 0.00796. The van der Waals surface area contributed by atoms with Crippen LogP contribution in [-0.2, 0) is 18.3 Å². The molecule has 1 aromatic rings. The number of aromatic nitrogens is 2. The number of hydrogen-bond acceptors (Lipinski definition) is 2. The smallest absolute Gasteiger partial charge is 0.225 e. The third kappa shape index (κ3) is 1.80. The lowest BCUT2D eigenvalue weighted by molar-refractivity contribution is -0.120. The van der Waals surface area contributed by atoms with E-state index in [4.69, 9.17) is 0 Å². The summed E-state index contributed by atoms with van der Waals surface area (Å²) in [7, 11) is 3.49. The van der Waals surface area contributed by atoms with Gasteiger partial charge in [-0.3, -0.25) is 4.79 Å². The number of rotatable bonds is 2. The number of amides is 1. The van der Waals surface area contributed by atoms with Crippen LogP contribution in [0.3, 0.4) is 0 Å². The molecule has 1 N–H and O–H groups in total. The molecule has 1 rings (SSSR count). The van der Waals surface area contributed by atoms with Crippen molar-refractivity contribution in [3.63, 3.8) is 0 Å². The molecule has 4 nitrogen and oxygen atoms in total. The van der Waals surface area contributed by atoms with Crippen LogP contribution in [0.2, 0.25) is 0 Å². The van der Waals surface area contributed by atoms with Crippen LogP contribution in [0.25, 0.3) is 0 Å². The summed E-state index contributed by atoms with van der Waals surface area (Å²) >= 11 is 0. The first-order valence-corrected chi connectivity index (χ1v) is 3.40. The van der Waals surface area contributed by atoms with Crippen molar-refractivity contribution >= 4 is 5.91 Å². The van der Waals surface area contributed by atoms with Gasteiger partial charge >= 0.3 is 0 Å². The van der Waals surface area contributed by atoms with Crippen molar-refractivity contribution in [3.8, 4) is 0 Å². The zero-order valence-electron chi connectivity index (χ0n) is 6.66. The lowest BCUT2D eigenvalue weighted by Crippen LogP contribution is -2.20. The van der Waals surface area contributed by atoms with Crippen molar-refractivity contribution in [1.82, 2.24) is 14.9 Å². The number of hydrogen-bond donors (Lipinski definition) is 1. The Balaban J connectivity index is 2.64. The number of carbonyl (C=O) groups excluding carboxylic acids is 1. The number of imidazole rings is 1. The van der Waals surface area contributed by atoms with Crippen molar-refractivity contribution in [1.29, 1.82) is 0 Å². The molecule has 0 aliphatic heterocycles. The molecule has 0 fully saturated rings. The zero-order chi connectivity index (χ0) is 8.27. The molecule has 0 aromatic carbocycles. The summed E-state index contributed by atoms with van der Waals surface area (Å²) < 4.78 is 1.83. The summed E-state index contributed by atoms with van der Waals surface area (Å²) in [5, 5.41) is 2.55. The molecule has 0 saturated heterocycles. The van der Waals surface area contributed by atoms with E-state index in [1.54, 1.807) is 19.6 Å². The molecular weight excluding hydrogens is 142 g/mol. The van der Waals surface area contributed by atoms with Gasteiger partial charge in [0.15, 0.2) is 0 Å². The van der Waals surface area contributed by atoms with E-state index >= 15 is 0 Å². The van der Waals surface area contributed by atoms with E-state index in [1.807, 2.05) is 11.6 Å². The first-order valence-electron chi connectivity index (χ1n) is 3.40. The summed E-state index contributed by atoms with van der Waals surface area (Å²) in [6.07, 6.45) is 3.76. The van der Waals surface area contributed by atoms with Gasteiger partial charge in [0.1, 0.15) is 0 Å². The van der Waals surface area contributed by atoms with E-state index in [0.717, 1.165) is 5.69 Å². The number of aryl methyl sites for hydroxylation is 1. The van der Waals surface area contributed by atoms with Crippen LogP contribution >= 0.6 is 0 Å². The van der Waals surface area contributed by atoms with Crippen LogP contribution in [0.1, 0.15) is 5.69 Å². The molecule has 1 aromatic heterocycles. The molecule has 1 heterocycles. The highest BCUT2D eigenvalue weighted by atomic mass is 16.1. The molecule has 4 heteroatoms. The van der Waals surface area contributed by atoms with Gasteiger partial charge in [-0.15, -0.1) is 0 Å². The molecule has 0 atom stereocenters. The quantitative estimate of drug-likeness (QED) is 0.634. The van der Waals surface area contributed by atoms with Gasteiger partial charge in [-0.2, -0.15) is 0 Å². The van der Waals surface area contributed by atoms with Crippen LogP contribution in [-0.4, -0.2) is 22.5 Å². The fraction of sp³-hybridized carbons (Fsp3) is 0.429. The largest absolute Gasteiger partial charge is 0.359 e. The first-order chi connectivity index (χ1) is 5.24. The van der Waals surface area contributed by atoms with Crippen LogP contribution in [0.15, 0.2) is 12.5 Å². The van der Waals surface area contributed by atoms with Crippen LogP contribution in [0.5, 0.6) is 0 Å². The van der Waals surface area contributed by atoms with Crippen molar-refractivity contribution < 1.29 is 4.79 Å². The average molecular weight is 153 g/mol. The Morgan fingerprint density at radius 2 is 2.55 bits per heavy atom. The molecule has 0 bridgehead atoms. The molecular formula is C7H11N3O. The monoisotopic (exact) mass is 153 g/mol. The topological polar surface area (TPSA) is 46.9 Å². The Hall–Kier alpha value is -1.32. The number of nitrogens with one attached hydrogen (secondary N) is 1. The molecule has 0 aliphatic rings. The number of likely N-dealkylation sites (N-methyl/N-ethyl adjacent to an activating group) is 1. The molecule has 0 saturated carbocycles. The van der Waals surface area contributed by atoms with Crippen molar-refractivity contribution in [2.75, 3.05) is 7.05 Å². The van der Waals surface area contributed by atoms with Crippen molar-refractivity contribution in [2.45, 2.75) is 6.42 Å². The van der Waals surface area contributed by atoms with E-state index in [1.165, 1.54) is 0 Å². The second-order valence-electron chi connectivity index (χ2n) is 2.35. The van der Waals surface area contributed by atoms with Crippen molar-refractivity contribution in [2.24, 2.45) is 7.05 Å². The average Bonchev–Trinajstić information content (AvgIpc) is 2.37. The summed E-state index contributed by atoms with van der Waals surface area (Å²) in [5.41, 5.74) is 0.921. The maximum atomic E-state index is 10.9. The van der Waals surface area contributed by atoms with Gasteiger partial charge in [0.05, 0.1) is 12.7 Å². The second-order valence-corrected chi connectivity index (χ2v) is 2.35. The van der Waals surface area contributed by atoms with Gasteiger partial charge in [0.25, 0.3) is 0 Å². The van der Waals surface area contributed by atoms with Gasteiger partial charge in [-0.25, -0.2) is 4.98 Å². The van der Waals surface area contributed by atoms with E-state index in [9.17, 15) is 4.79 Å². The maximum absolute atomic E-state index is 10.9. The minimum Gasteiger partial charge on any atom is -0.359 e. The Kier molecular flexibility index (Phi) is 2.25. The van der Waals surface area contributed by atoms with Crippen LogP contribution < -0.4 is 5.32 Å². The maximum Gasteiger partial charge on any atom is 0.225 e. The lowest BCUT2D eigenvalue weighted by Gasteiger charge is -1.99. The normalized spacial score (nSPS) is 9.64. The van der Waals surface area contributed by atoms with E-state index in [0.29, 0.717) is 6.42 Å². The lowest BCUT2D eigenvalue weighted by atomic mass is 10.3. The molecule has 60 valence electrons. The Bertz CT molecular complexity index is 254. The number of nitrogens with zero attached hydrogens (tertiary/aromatic N) is 2.